The molecule has 5 nitrogen and oxygen atoms in total. The molecule has 0 atom stereocenters. The minimum Gasteiger partial charge on any atom is -0.325 e. The van der Waals surface area contributed by atoms with Gasteiger partial charge < -0.3 is 5.43 Å². The lowest BCUT2D eigenvalue weighted by Gasteiger charge is -2.08. The van der Waals surface area contributed by atoms with Crippen LogP contribution >= 0.6 is 0 Å². The first-order valence-electron chi connectivity index (χ1n) is 5.71. The van der Waals surface area contributed by atoms with Gasteiger partial charge in [0.25, 0.3) is 0 Å². The fourth-order valence-electron chi connectivity index (χ4n) is 1.60. The molecule has 1 heterocycles. The van der Waals surface area contributed by atoms with Crippen molar-refractivity contribution in [3.05, 3.63) is 54.4 Å². The Balaban J connectivity index is 1.99. The van der Waals surface area contributed by atoms with E-state index < -0.39 is 9.84 Å². The predicted octanol–water partition coefficient (Wildman–Crippen LogP) is 1.38. The summed E-state index contributed by atoms with van der Waals surface area (Å²) in [5.74, 6) is -0.00290. The number of aromatic nitrogens is 1. The summed E-state index contributed by atoms with van der Waals surface area (Å²) < 4.78 is 25.8. The minimum absolute atomic E-state index is 0.00290. The number of benzene rings is 1. The van der Waals surface area contributed by atoms with Crippen LogP contribution in [0.4, 0.5) is 0 Å². The maximum absolute atomic E-state index is 12.0. The van der Waals surface area contributed by atoms with Gasteiger partial charge in [-0.05, 0) is 36.4 Å². The molecule has 98 valence electrons. The van der Waals surface area contributed by atoms with Crippen LogP contribution in [-0.4, -0.2) is 25.4 Å². The van der Waals surface area contributed by atoms with E-state index >= 15 is 0 Å². The Kier molecular flexibility index (Phi) is 3.88. The van der Waals surface area contributed by atoms with E-state index in [1.54, 1.807) is 17.1 Å². The molecule has 1 aromatic heterocycles. The Morgan fingerprint density at radius 1 is 1.16 bits per heavy atom. The third-order valence-corrected chi connectivity index (χ3v) is 4.34. The maximum Gasteiger partial charge on any atom is 0.180 e. The molecule has 0 fully saturated rings. The first kappa shape index (κ1) is 13.2. The Bertz CT molecular complexity index is 668. The summed E-state index contributed by atoms with van der Waals surface area (Å²) in [6, 6.07) is 11.6. The van der Waals surface area contributed by atoms with Gasteiger partial charge in [-0.2, -0.15) is 5.26 Å². The van der Waals surface area contributed by atoms with Crippen LogP contribution in [0.25, 0.3) is 0 Å². The predicted molar refractivity (Wildman–Crippen MR) is 71.9 cm³/mol. The zero-order valence-corrected chi connectivity index (χ0v) is 11.0. The van der Waals surface area contributed by atoms with Gasteiger partial charge in [0.15, 0.2) is 9.84 Å². The van der Waals surface area contributed by atoms with Crippen LogP contribution in [0, 0.1) is 11.3 Å². The van der Waals surface area contributed by atoms with Crippen molar-refractivity contribution in [2.75, 3.05) is 17.7 Å². The van der Waals surface area contributed by atoms with E-state index in [0.717, 1.165) is 0 Å². The largest absolute Gasteiger partial charge is 0.325 e. The molecule has 0 unspecified atom stereocenters. The van der Waals surface area contributed by atoms with Gasteiger partial charge >= 0.3 is 0 Å². The van der Waals surface area contributed by atoms with Crippen LogP contribution in [0.2, 0.25) is 0 Å². The molecule has 2 aromatic rings. The van der Waals surface area contributed by atoms with Crippen LogP contribution in [0.15, 0.2) is 53.7 Å². The minimum atomic E-state index is -3.32. The van der Waals surface area contributed by atoms with Gasteiger partial charge in [-0.3, -0.25) is 4.68 Å². The van der Waals surface area contributed by atoms with Crippen LogP contribution < -0.4 is 5.43 Å². The summed E-state index contributed by atoms with van der Waals surface area (Å²) in [6.45, 7) is 0.316. The molecular formula is C13H13N3O2S. The topological polar surface area (TPSA) is 74.9 Å². The average Bonchev–Trinajstić information content (AvgIpc) is 2.92. The third kappa shape index (κ3) is 3.36. The Morgan fingerprint density at radius 2 is 1.79 bits per heavy atom. The van der Waals surface area contributed by atoms with Gasteiger partial charge in [-0.25, -0.2) is 8.42 Å². The lowest BCUT2D eigenvalue weighted by Crippen LogP contribution is -2.21. The van der Waals surface area contributed by atoms with E-state index in [4.69, 9.17) is 5.26 Å². The molecule has 0 spiro atoms. The number of sulfone groups is 1. The zero-order valence-electron chi connectivity index (χ0n) is 10.2. The van der Waals surface area contributed by atoms with Crippen LogP contribution in [0.5, 0.6) is 0 Å². The number of hydrogen-bond acceptors (Lipinski definition) is 4. The summed E-state index contributed by atoms with van der Waals surface area (Å²) >= 11 is 0. The highest BCUT2D eigenvalue weighted by Crippen LogP contribution is 2.11. The van der Waals surface area contributed by atoms with E-state index in [-0.39, 0.29) is 10.6 Å². The van der Waals surface area contributed by atoms with Gasteiger partial charge in [0.05, 0.1) is 22.3 Å². The zero-order chi connectivity index (χ0) is 13.7. The van der Waals surface area contributed by atoms with Gasteiger partial charge in [-0.15, -0.1) is 0 Å². The van der Waals surface area contributed by atoms with Crippen molar-refractivity contribution in [1.82, 2.24) is 4.68 Å². The molecule has 0 saturated heterocycles. The van der Waals surface area contributed by atoms with Crippen molar-refractivity contribution in [2.24, 2.45) is 0 Å². The van der Waals surface area contributed by atoms with Gasteiger partial charge in [0.1, 0.15) is 0 Å². The fourth-order valence-corrected chi connectivity index (χ4v) is 2.75. The first-order chi connectivity index (χ1) is 9.12. The van der Waals surface area contributed by atoms with E-state index in [9.17, 15) is 8.42 Å². The van der Waals surface area contributed by atoms with Crippen molar-refractivity contribution >= 4 is 9.84 Å². The molecular weight excluding hydrogens is 262 g/mol. The van der Waals surface area contributed by atoms with Crippen molar-refractivity contribution in [3.63, 3.8) is 0 Å². The molecule has 1 aromatic carbocycles. The number of nitrogens with zero attached hydrogens (tertiary/aromatic N) is 2. The third-order valence-electron chi connectivity index (χ3n) is 2.61. The summed E-state index contributed by atoms with van der Waals surface area (Å²) in [7, 11) is -3.32. The molecule has 0 amide bonds. The average molecular weight is 275 g/mol. The van der Waals surface area contributed by atoms with Crippen LogP contribution in [-0.2, 0) is 9.84 Å². The molecule has 0 aliphatic heterocycles. The summed E-state index contributed by atoms with van der Waals surface area (Å²) in [4.78, 5) is 0.237. The molecule has 0 radical (unpaired) electrons. The molecule has 1 N–H and O–H groups in total. The summed E-state index contributed by atoms with van der Waals surface area (Å²) in [6.07, 6.45) is 3.60. The molecule has 6 heteroatoms. The van der Waals surface area contributed by atoms with Crippen molar-refractivity contribution in [1.29, 1.82) is 5.26 Å². The van der Waals surface area contributed by atoms with E-state index in [1.807, 2.05) is 18.2 Å². The van der Waals surface area contributed by atoms with Crippen LogP contribution in [0.3, 0.4) is 0 Å². The van der Waals surface area contributed by atoms with E-state index in [1.165, 1.54) is 24.3 Å². The van der Waals surface area contributed by atoms with Crippen molar-refractivity contribution in [2.45, 2.75) is 4.90 Å². The van der Waals surface area contributed by atoms with Crippen molar-refractivity contribution in [3.8, 4) is 6.07 Å². The summed E-state index contributed by atoms with van der Waals surface area (Å²) in [5.41, 5.74) is 3.41. The monoisotopic (exact) mass is 275 g/mol. The standard InChI is InChI=1S/C13H13N3O2S/c14-11-12-3-5-13(6-4-12)19(17,18)10-7-15-16-8-1-2-9-16/h1-6,8-9,15H,7,10H2. The lowest BCUT2D eigenvalue weighted by molar-refractivity contribution is 0.595. The normalized spacial score (nSPS) is 10.9. The number of hydrogen-bond donors (Lipinski definition) is 1. The van der Waals surface area contributed by atoms with Gasteiger partial charge in [-0.1, -0.05) is 0 Å². The van der Waals surface area contributed by atoms with Gasteiger partial charge in [0.2, 0.25) is 0 Å². The second-order valence-electron chi connectivity index (χ2n) is 3.95. The molecule has 2 rings (SSSR count). The highest BCUT2D eigenvalue weighted by Gasteiger charge is 2.13. The Labute approximate surface area is 112 Å². The SMILES string of the molecule is N#Cc1ccc(S(=O)(=O)CCNn2cccc2)cc1. The number of rotatable bonds is 5. The molecule has 19 heavy (non-hydrogen) atoms. The van der Waals surface area contributed by atoms with Crippen LogP contribution in [0.1, 0.15) is 5.56 Å². The second-order valence-corrected chi connectivity index (χ2v) is 6.06. The second kappa shape index (κ2) is 5.59. The van der Waals surface area contributed by atoms with Gasteiger partial charge in [0, 0.05) is 18.9 Å². The van der Waals surface area contributed by atoms with E-state index in [2.05, 4.69) is 5.43 Å². The fraction of sp³-hybridized carbons (Fsp3) is 0.154. The van der Waals surface area contributed by atoms with Crippen molar-refractivity contribution < 1.29 is 8.42 Å². The molecule has 0 aliphatic rings. The lowest BCUT2D eigenvalue weighted by atomic mass is 10.2. The Morgan fingerprint density at radius 3 is 2.37 bits per heavy atom. The number of nitrogens with one attached hydrogen (secondary N) is 1. The highest BCUT2D eigenvalue weighted by molar-refractivity contribution is 7.91. The quantitative estimate of drug-likeness (QED) is 0.894. The number of nitriles is 1. The molecule has 0 bridgehead atoms. The Hall–Kier alpha value is -2.26. The molecule has 0 saturated carbocycles. The maximum atomic E-state index is 12.0. The smallest absolute Gasteiger partial charge is 0.180 e. The summed E-state index contributed by atoms with van der Waals surface area (Å²) in [5, 5.41) is 8.67. The molecule has 0 aliphatic carbocycles. The first-order valence-corrected chi connectivity index (χ1v) is 7.37. The highest BCUT2D eigenvalue weighted by atomic mass is 32.2. The van der Waals surface area contributed by atoms with E-state index in [0.29, 0.717) is 12.1 Å².